The van der Waals surface area contributed by atoms with Crippen LogP contribution < -0.4 is 5.73 Å². The van der Waals surface area contributed by atoms with Crippen LogP contribution in [0, 0.1) is 6.92 Å². The fraction of sp³-hybridized carbons (Fsp3) is 0.286. The van der Waals surface area contributed by atoms with Crippen molar-refractivity contribution in [2.24, 2.45) is 5.73 Å². The average molecular weight is 389 g/mol. The smallest absolute Gasteiger partial charge is 0.191 e. The predicted octanol–water partition coefficient (Wildman–Crippen LogP) is 3.35. The lowest BCUT2D eigenvalue weighted by atomic mass is 9.93. The first-order valence-electron chi connectivity index (χ1n) is 8.65. The summed E-state index contributed by atoms with van der Waals surface area (Å²) in [7, 11) is 0. The molecule has 0 saturated heterocycles. The molecule has 0 radical (unpaired) electrons. The van der Waals surface area contributed by atoms with E-state index in [9.17, 15) is 10.2 Å². The first-order valence-corrected chi connectivity index (χ1v) is 8.65. The van der Waals surface area contributed by atoms with Gasteiger partial charge in [-0.05, 0) is 29.5 Å². The lowest BCUT2D eigenvalue weighted by Crippen LogP contribution is -2.47. The van der Waals surface area contributed by atoms with Crippen LogP contribution in [0.25, 0.3) is 22.4 Å². The van der Waals surface area contributed by atoms with Gasteiger partial charge in [-0.25, -0.2) is 4.98 Å². The Hall–Kier alpha value is -2.18. The van der Waals surface area contributed by atoms with Crippen molar-refractivity contribution in [2.45, 2.75) is 25.3 Å². The number of halogens is 1. The highest BCUT2D eigenvalue weighted by Gasteiger charge is 2.22. The number of aryl methyl sites for hydroxylation is 2. The van der Waals surface area contributed by atoms with Crippen molar-refractivity contribution in [2.75, 3.05) is 13.2 Å². The van der Waals surface area contributed by atoms with Crippen molar-refractivity contribution in [1.29, 1.82) is 0 Å². The molecule has 6 heteroatoms. The monoisotopic (exact) mass is 388 g/mol. The maximum absolute atomic E-state index is 9.27. The Morgan fingerprint density at radius 1 is 0.926 bits per heavy atom. The van der Waals surface area contributed by atoms with Gasteiger partial charge in [0.05, 0.1) is 18.8 Å². The van der Waals surface area contributed by atoms with Crippen LogP contribution in [0.5, 0.6) is 0 Å². The quantitative estimate of drug-likeness (QED) is 0.577. The Kier molecular flexibility index (Phi) is 7.16. The minimum Gasteiger partial charge on any atom is -0.449 e. The molecule has 1 heterocycles. The molecule has 0 unspecified atom stereocenters. The summed E-state index contributed by atoms with van der Waals surface area (Å²) in [4.78, 5) is 4.34. The molecule has 1 aromatic heterocycles. The minimum absolute atomic E-state index is 0. The van der Waals surface area contributed by atoms with Gasteiger partial charge in [-0.3, -0.25) is 0 Å². The summed E-state index contributed by atoms with van der Waals surface area (Å²) in [6.07, 6.45) is 2.91. The van der Waals surface area contributed by atoms with E-state index in [1.54, 1.807) is 6.26 Å². The number of aromatic nitrogens is 1. The molecule has 0 saturated carbocycles. The molecule has 0 aliphatic rings. The third kappa shape index (κ3) is 5.17. The third-order valence-electron chi connectivity index (χ3n) is 4.63. The maximum atomic E-state index is 9.27. The summed E-state index contributed by atoms with van der Waals surface area (Å²) in [5.74, 6) is 0.656. The Morgan fingerprint density at radius 3 is 1.93 bits per heavy atom. The van der Waals surface area contributed by atoms with Crippen LogP contribution in [0.4, 0.5) is 0 Å². The zero-order valence-corrected chi connectivity index (χ0v) is 16.1. The van der Waals surface area contributed by atoms with Gasteiger partial charge in [-0.2, -0.15) is 0 Å². The second kappa shape index (κ2) is 9.15. The van der Waals surface area contributed by atoms with Crippen LogP contribution >= 0.6 is 12.4 Å². The Balaban J connectivity index is 0.00000261. The number of hydrogen-bond acceptors (Lipinski definition) is 5. The normalized spacial score (nSPS) is 11.3. The summed E-state index contributed by atoms with van der Waals surface area (Å²) in [6.45, 7) is 1.38. The zero-order chi connectivity index (χ0) is 18.6. The van der Waals surface area contributed by atoms with E-state index in [1.807, 2.05) is 19.1 Å². The van der Waals surface area contributed by atoms with E-state index in [2.05, 4.69) is 41.4 Å². The number of nitrogens with zero attached hydrogens (tertiary/aromatic N) is 1. The third-order valence-corrected chi connectivity index (χ3v) is 4.63. The van der Waals surface area contributed by atoms with Gasteiger partial charge in [0.2, 0.25) is 0 Å². The number of aliphatic hydroxyl groups excluding tert-OH is 2. The van der Waals surface area contributed by atoms with Crippen LogP contribution in [0.2, 0.25) is 0 Å². The topological polar surface area (TPSA) is 92.5 Å². The molecule has 0 fully saturated rings. The summed E-state index contributed by atoms with van der Waals surface area (Å²) in [6, 6.07) is 16.4. The zero-order valence-electron chi connectivity index (χ0n) is 15.3. The molecular formula is C21H25ClN2O3. The number of oxazole rings is 1. The van der Waals surface area contributed by atoms with Crippen molar-refractivity contribution < 1.29 is 14.6 Å². The van der Waals surface area contributed by atoms with Crippen LogP contribution in [-0.2, 0) is 6.42 Å². The minimum atomic E-state index is -0.923. The SMILES string of the molecule is Cc1nc(-c2ccc(-c3ccc(CCC(N)(CO)CO)cc3)cc2)co1.Cl. The summed E-state index contributed by atoms with van der Waals surface area (Å²) >= 11 is 0. The van der Waals surface area contributed by atoms with Gasteiger partial charge in [0.25, 0.3) is 0 Å². The van der Waals surface area contributed by atoms with Crippen LogP contribution in [0.15, 0.2) is 59.2 Å². The standard InChI is InChI=1S/C21H24N2O3.ClH/c1-15-23-20(12-26-15)19-8-6-18(7-9-19)17-4-2-16(3-5-17)10-11-21(22,13-24)14-25;/h2-9,12,24-25H,10-11,13-14,22H2,1H3;1H. The molecule has 144 valence electrons. The lowest BCUT2D eigenvalue weighted by Gasteiger charge is -2.24. The molecule has 3 rings (SSSR count). The molecule has 0 aliphatic carbocycles. The molecular weight excluding hydrogens is 364 g/mol. The summed E-state index contributed by atoms with van der Waals surface area (Å²) < 4.78 is 5.26. The van der Waals surface area contributed by atoms with E-state index in [0.29, 0.717) is 18.7 Å². The first kappa shape index (κ1) is 21.1. The van der Waals surface area contributed by atoms with Gasteiger partial charge in [-0.15, -0.1) is 12.4 Å². The van der Waals surface area contributed by atoms with Gasteiger partial charge in [0.15, 0.2) is 5.89 Å². The Morgan fingerprint density at radius 2 is 1.44 bits per heavy atom. The molecule has 0 spiro atoms. The van der Waals surface area contributed by atoms with Crippen molar-refractivity contribution in [3.05, 3.63) is 66.2 Å². The largest absolute Gasteiger partial charge is 0.449 e. The number of hydrogen-bond donors (Lipinski definition) is 3. The molecule has 0 amide bonds. The highest BCUT2D eigenvalue weighted by atomic mass is 35.5. The molecule has 27 heavy (non-hydrogen) atoms. The van der Waals surface area contributed by atoms with Crippen molar-refractivity contribution in [3.63, 3.8) is 0 Å². The van der Waals surface area contributed by atoms with E-state index in [0.717, 1.165) is 27.9 Å². The van der Waals surface area contributed by atoms with E-state index < -0.39 is 5.54 Å². The fourth-order valence-corrected chi connectivity index (χ4v) is 2.79. The lowest BCUT2D eigenvalue weighted by molar-refractivity contribution is 0.115. The van der Waals surface area contributed by atoms with Crippen LogP contribution in [0.1, 0.15) is 17.9 Å². The van der Waals surface area contributed by atoms with Crippen molar-refractivity contribution in [1.82, 2.24) is 4.98 Å². The number of rotatable bonds is 7. The van der Waals surface area contributed by atoms with E-state index in [4.69, 9.17) is 10.2 Å². The van der Waals surface area contributed by atoms with E-state index in [-0.39, 0.29) is 25.6 Å². The van der Waals surface area contributed by atoms with Gasteiger partial charge in [-0.1, -0.05) is 48.5 Å². The molecule has 2 aromatic carbocycles. The number of aliphatic hydroxyl groups is 2. The van der Waals surface area contributed by atoms with Crippen LogP contribution in [-0.4, -0.2) is 33.9 Å². The van der Waals surface area contributed by atoms with Gasteiger partial charge in [0.1, 0.15) is 12.0 Å². The molecule has 5 nitrogen and oxygen atoms in total. The Labute approximate surface area is 165 Å². The van der Waals surface area contributed by atoms with Gasteiger partial charge < -0.3 is 20.4 Å². The first-order chi connectivity index (χ1) is 12.5. The second-order valence-electron chi connectivity index (χ2n) is 6.70. The van der Waals surface area contributed by atoms with Crippen molar-refractivity contribution in [3.8, 4) is 22.4 Å². The van der Waals surface area contributed by atoms with Crippen LogP contribution in [0.3, 0.4) is 0 Å². The van der Waals surface area contributed by atoms with Crippen molar-refractivity contribution >= 4 is 12.4 Å². The molecule has 0 aliphatic heterocycles. The number of nitrogens with two attached hydrogens (primary N) is 1. The molecule has 0 atom stereocenters. The summed E-state index contributed by atoms with van der Waals surface area (Å²) in [5.41, 5.74) is 10.2. The molecule has 0 bridgehead atoms. The van der Waals surface area contributed by atoms with Gasteiger partial charge in [0, 0.05) is 12.5 Å². The highest BCUT2D eigenvalue weighted by Crippen LogP contribution is 2.25. The number of benzene rings is 2. The molecule has 4 N–H and O–H groups in total. The summed E-state index contributed by atoms with van der Waals surface area (Å²) in [5, 5.41) is 18.5. The molecule has 3 aromatic rings. The highest BCUT2D eigenvalue weighted by molar-refractivity contribution is 5.85. The van der Waals surface area contributed by atoms with Gasteiger partial charge >= 0.3 is 0 Å². The predicted molar refractivity (Wildman–Crippen MR) is 109 cm³/mol. The fourth-order valence-electron chi connectivity index (χ4n) is 2.79. The Bertz CT molecular complexity index is 841. The second-order valence-corrected chi connectivity index (χ2v) is 6.70. The average Bonchev–Trinajstić information content (AvgIpc) is 3.13. The van der Waals surface area contributed by atoms with E-state index >= 15 is 0 Å². The maximum Gasteiger partial charge on any atom is 0.191 e. The van der Waals surface area contributed by atoms with E-state index in [1.165, 1.54) is 0 Å².